The molecule has 0 bridgehead atoms. The molecule has 0 aliphatic heterocycles. The Kier molecular flexibility index (Phi) is 5.54. The highest BCUT2D eigenvalue weighted by Crippen LogP contribution is 2.41. The summed E-state index contributed by atoms with van der Waals surface area (Å²) in [5, 5.41) is 17.9. The quantitative estimate of drug-likeness (QED) is 0.418. The van der Waals surface area contributed by atoms with E-state index in [2.05, 4.69) is 16.8 Å². The van der Waals surface area contributed by atoms with Crippen molar-refractivity contribution in [2.75, 3.05) is 0 Å². The average Bonchev–Trinajstić information content (AvgIpc) is 3.45. The number of fused-ring (bicyclic) bond motifs is 3. The third kappa shape index (κ3) is 3.95. The highest BCUT2D eigenvalue weighted by molar-refractivity contribution is 7.08. The number of benzene rings is 2. The maximum Gasteiger partial charge on any atom is 0.323 e. The molecular weight excluding hydrogens is 432 g/mol. The Labute approximate surface area is 196 Å². The summed E-state index contributed by atoms with van der Waals surface area (Å²) in [6.45, 7) is 1.97. The van der Waals surface area contributed by atoms with Crippen molar-refractivity contribution < 1.29 is 14.7 Å². The number of carbonyl (C=O) groups excluding carboxylic acids is 1. The van der Waals surface area contributed by atoms with Crippen LogP contribution in [0.15, 0.2) is 71.4 Å². The Balaban J connectivity index is 1.48. The number of thiophene rings is 1. The highest BCUT2D eigenvalue weighted by atomic mass is 32.1. The Morgan fingerprint density at radius 3 is 2.58 bits per heavy atom. The molecule has 1 aliphatic rings. The summed E-state index contributed by atoms with van der Waals surface area (Å²) in [6.07, 6.45) is 1.94. The van der Waals surface area contributed by atoms with Gasteiger partial charge in [0.2, 0.25) is 5.91 Å². The van der Waals surface area contributed by atoms with E-state index in [4.69, 9.17) is 0 Å². The van der Waals surface area contributed by atoms with Gasteiger partial charge in [0.25, 0.3) is 0 Å². The average molecular weight is 459 g/mol. The number of nitrogens with one attached hydrogen (secondary N) is 1. The third-order valence-corrected chi connectivity index (χ3v) is 7.50. The van der Waals surface area contributed by atoms with Crippen molar-refractivity contribution in [2.24, 2.45) is 5.41 Å². The standard InChI is InChI=1S/C27H26N2O3S/c1-27(26(32)28-25(19-12-14-33-17-19)18-7-3-2-4-8-18)13-11-23-21(15-27)20-9-5-6-10-22(20)29(23)16-24(30)31/h2-10,12,14,17,25H,11,13,15-16H2,1H3,(H,28,32)(H,30,31). The molecular formula is C27H26N2O3S. The second-order valence-corrected chi connectivity index (χ2v) is 9.81. The molecule has 5 nitrogen and oxygen atoms in total. The van der Waals surface area contributed by atoms with E-state index in [0.29, 0.717) is 19.3 Å². The first-order valence-electron chi connectivity index (χ1n) is 11.1. The Morgan fingerprint density at radius 2 is 1.85 bits per heavy atom. The van der Waals surface area contributed by atoms with E-state index in [0.717, 1.165) is 33.3 Å². The van der Waals surface area contributed by atoms with Gasteiger partial charge in [-0.1, -0.05) is 55.5 Å². The molecule has 2 heterocycles. The summed E-state index contributed by atoms with van der Waals surface area (Å²) in [4.78, 5) is 25.2. The predicted molar refractivity (Wildman–Crippen MR) is 130 cm³/mol. The maximum atomic E-state index is 13.7. The number of amides is 1. The molecule has 6 heteroatoms. The fourth-order valence-corrected chi connectivity index (χ4v) is 5.73. The number of hydrogen-bond donors (Lipinski definition) is 2. The van der Waals surface area contributed by atoms with Crippen molar-refractivity contribution >= 4 is 34.1 Å². The van der Waals surface area contributed by atoms with Gasteiger partial charge in [-0.15, -0.1) is 0 Å². The van der Waals surface area contributed by atoms with Crippen LogP contribution in [-0.2, 0) is 29.0 Å². The van der Waals surface area contributed by atoms with Crippen LogP contribution >= 0.6 is 11.3 Å². The molecule has 2 unspecified atom stereocenters. The van der Waals surface area contributed by atoms with Crippen LogP contribution in [0.25, 0.3) is 10.9 Å². The first kappa shape index (κ1) is 21.5. The van der Waals surface area contributed by atoms with Gasteiger partial charge in [-0.25, -0.2) is 0 Å². The second kappa shape index (κ2) is 8.52. The second-order valence-electron chi connectivity index (χ2n) is 9.03. The molecule has 33 heavy (non-hydrogen) atoms. The number of aliphatic carboxylic acids is 1. The lowest BCUT2D eigenvalue weighted by atomic mass is 9.73. The molecule has 0 saturated heterocycles. The number of rotatable bonds is 6. The number of carboxylic acid groups (broad SMARTS) is 1. The van der Waals surface area contributed by atoms with Crippen LogP contribution in [0.4, 0.5) is 0 Å². The summed E-state index contributed by atoms with van der Waals surface area (Å²) in [5.74, 6) is -0.825. The fourth-order valence-electron chi connectivity index (χ4n) is 5.04. The number of carboxylic acids is 1. The molecule has 1 amide bonds. The van der Waals surface area contributed by atoms with Crippen molar-refractivity contribution in [1.82, 2.24) is 9.88 Å². The molecule has 2 N–H and O–H groups in total. The van der Waals surface area contributed by atoms with E-state index < -0.39 is 11.4 Å². The van der Waals surface area contributed by atoms with Crippen molar-refractivity contribution in [3.63, 3.8) is 0 Å². The van der Waals surface area contributed by atoms with Crippen molar-refractivity contribution in [3.8, 4) is 0 Å². The first-order chi connectivity index (χ1) is 16.0. The number of hydrogen-bond acceptors (Lipinski definition) is 3. The molecule has 0 spiro atoms. The van der Waals surface area contributed by atoms with Crippen LogP contribution < -0.4 is 5.32 Å². The first-order valence-corrected chi connectivity index (χ1v) is 12.1. The minimum Gasteiger partial charge on any atom is -0.480 e. The topological polar surface area (TPSA) is 71.3 Å². The molecule has 4 aromatic rings. The monoisotopic (exact) mass is 458 g/mol. The molecule has 0 saturated carbocycles. The van der Waals surface area contributed by atoms with Crippen LogP contribution in [0.3, 0.4) is 0 Å². The van der Waals surface area contributed by atoms with Crippen LogP contribution in [-0.4, -0.2) is 21.6 Å². The number of para-hydroxylation sites is 1. The summed E-state index contributed by atoms with van der Waals surface area (Å²) in [7, 11) is 0. The van der Waals surface area contributed by atoms with Crippen LogP contribution in [0.1, 0.15) is 41.8 Å². The SMILES string of the molecule is CC1(C(=O)NC(c2ccccc2)c2ccsc2)CCc2c(c3ccccc3n2CC(=O)O)C1. The van der Waals surface area contributed by atoms with E-state index in [1.165, 1.54) is 0 Å². The lowest BCUT2D eigenvalue weighted by Gasteiger charge is -2.34. The molecule has 2 atom stereocenters. The van der Waals surface area contributed by atoms with E-state index in [9.17, 15) is 14.7 Å². The zero-order valence-corrected chi connectivity index (χ0v) is 19.3. The smallest absolute Gasteiger partial charge is 0.323 e. The predicted octanol–water partition coefficient (Wildman–Crippen LogP) is 5.19. The normalized spacial score (nSPS) is 18.6. The Hall–Kier alpha value is -3.38. The lowest BCUT2D eigenvalue weighted by molar-refractivity contribution is -0.137. The van der Waals surface area contributed by atoms with E-state index in [-0.39, 0.29) is 18.5 Å². The molecule has 1 aliphatic carbocycles. The van der Waals surface area contributed by atoms with Gasteiger partial charge < -0.3 is 15.0 Å². The van der Waals surface area contributed by atoms with Gasteiger partial charge in [0, 0.05) is 16.6 Å². The van der Waals surface area contributed by atoms with Gasteiger partial charge in [0.05, 0.1) is 11.5 Å². The van der Waals surface area contributed by atoms with Crippen LogP contribution in [0.5, 0.6) is 0 Å². The molecule has 0 fully saturated rings. The Bertz CT molecular complexity index is 1310. The summed E-state index contributed by atoms with van der Waals surface area (Å²) >= 11 is 1.62. The number of carbonyl (C=O) groups is 2. The fraction of sp³-hybridized carbons (Fsp3) is 0.259. The van der Waals surface area contributed by atoms with Gasteiger partial charge in [-0.05, 0) is 58.8 Å². The minimum atomic E-state index is -0.855. The molecule has 5 rings (SSSR count). The third-order valence-electron chi connectivity index (χ3n) is 6.80. The molecule has 168 valence electrons. The van der Waals surface area contributed by atoms with Crippen molar-refractivity contribution in [3.05, 3.63) is 93.8 Å². The number of aromatic nitrogens is 1. The summed E-state index contributed by atoms with van der Waals surface area (Å²) in [6, 6.07) is 19.8. The largest absolute Gasteiger partial charge is 0.480 e. The maximum absolute atomic E-state index is 13.7. The van der Waals surface area contributed by atoms with Crippen LogP contribution in [0, 0.1) is 5.41 Å². The zero-order valence-electron chi connectivity index (χ0n) is 18.5. The summed E-state index contributed by atoms with van der Waals surface area (Å²) < 4.78 is 1.91. The molecule has 2 aromatic carbocycles. The van der Waals surface area contributed by atoms with Crippen LogP contribution in [0.2, 0.25) is 0 Å². The van der Waals surface area contributed by atoms with Gasteiger partial charge >= 0.3 is 5.97 Å². The molecule has 0 radical (unpaired) electrons. The summed E-state index contributed by atoms with van der Waals surface area (Å²) in [5.41, 5.74) is 4.63. The van der Waals surface area contributed by atoms with Crippen molar-refractivity contribution in [1.29, 1.82) is 0 Å². The van der Waals surface area contributed by atoms with E-state index in [1.54, 1.807) is 11.3 Å². The van der Waals surface area contributed by atoms with E-state index in [1.807, 2.05) is 71.5 Å². The van der Waals surface area contributed by atoms with Gasteiger partial charge in [0.15, 0.2) is 0 Å². The number of nitrogens with zero attached hydrogens (tertiary/aromatic N) is 1. The minimum absolute atomic E-state index is 0.0308. The molecule has 2 aromatic heterocycles. The van der Waals surface area contributed by atoms with E-state index >= 15 is 0 Å². The van der Waals surface area contributed by atoms with Crippen molar-refractivity contribution in [2.45, 2.75) is 38.8 Å². The Morgan fingerprint density at radius 1 is 1.09 bits per heavy atom. The highest BCUT2D eigenvalue weighted by Gasteiger charge is 2.40. The lowest BCUT2D eigenvalue weighted by Crippen LogP contribution is -2.44. The van der Waals surface area contributed by atoms with Gasteiger partial charge in [-0.3, -0.25) is 9.59 Å². The zero-order chi connectivity index (χ0) is 23.0. The van der Waals surface area contributed by atoms with Gasteiger partial charge in [0.1, 0.15) is 6.54 Å². The van der Waals surface area contributed by atoms with Gasteiger partial charge in [-0.2, -0.15) is 11.3 Å².